The van der Waals surface area contributed by atoms with Crippen LogP contribution in [0.15, 0.2) is 0 Å². The molecule has 0 spiro atoms. The number of likely N-dealkylation sites (tertiary alicyclic amines) is 1. The van der Waals surface area contributed by atoms with Crippen molar-refractivity contribution < 1.29 is 18.4 Å². The van der Waals surface area contributed by atoms with Crippen molar-refractivity contribution in [3.8, 4) is 0 Å². The first-order valence-electron chi connectivity index (χ1n) is 3.67. The van der Waals surface area contributed by atoms with Gasteiger partial charge >= 0.3 is 0 Å². The van der Waals surface area contributed by atoms with Crippen molar-refractivity contribution in [1.29, 1.82) is 0 Å². The van der Waals surface area contributed by atoms with Crippen LogP contribution in [0.3, 0.4) is 0 Å². The second kappa shape index (κ2) is 2.02. The van der Waals surface area contributed by atoms with Crippen LogP contribution < -0.4 is 0 Å². The average molecular weight is 175 g/mol. The lowest BCUT2D eigenvalue weighted by molar-refractivity contribution is -0.126. The number of hydrogen-bond acceptors (Lipinski definition) is 2. The molecule has 5 heteroatoms. The lowest BCUT2D eigenvalue weighted by atomic mass is 10.2. The van der Waals surface area contributed by atoms with Crippen LogP contribution in [-0.2, 0) is 9.59 Å². The summed E-state index contributed by atoms with van der Waals surface area (Å²) in [6.45, 7) is 0.0184. The van der Waals surface area contributed by atoms with Gasteiger partial charge in [0.1, 0.15) is 6.29 Å². The molecule has 0 aromatic carbocycles. The van der Waals surface area contributed by atoms with Crippen molar-refractivity contribution in [3.63, 3.8) is 0 Å². The highest BCUT2D eigenvalue weighted by molar-refractivity contribution is 5.67. The predicted molar refractivity (Wildman–Crippen MR) is 34.5 cm³/mol. The van der Waals surface area contributed by atoms with Gasteiger partial charge in [-0.3, -0.25) is 4.79 Å². The molecule has 0 radical (unpaired) electrons. The van der Waals surface area contributed by atoms with Crippen molar-refractivity contribution in [2.24, 2.45) is 11.8 Å². The van der Waals surface area contributed by atoms with E-state index in [-0.39, 0.29) is 6.54 Å². The van der Waals surface area contributed by atoms with Crippen LogP contribution in [0.4, 0.5) is 8.78 Å². The molecule has 1 saturated heterocycles. The van der Waals surface area contributed by atoms with Crippen LogP contribution in [0.2, 0.25) is 0 Å². The number of aldehydes is 1. The molecule has 2 rings (SSSR count). The Kier molecular flexibility index (Phi) is 1.29. The standard InChI is InChI=1S/C7H7F2NO2/c8-7(9)4-1-10(3-12)5(2-11)6(4)7/h2-6H,1H2/t4-,5+,6-/m0/s1. The van der Waals surface area contributed by atoms with Crippen molar-refractivity contribution in [3.05, 3.63) is 0 Å². The molecule has 12 heavy (non-hydrogen) atoms. The fourth-order valence-corrected chi connectivity index (χ4v) is 1.95. The van der Waals surface area contributed by atoms with Gasteiger partial charge in [-0.05, 0) is 0 Å². The zero-order chi connectivity index (χ0) is 8.93. The smallest absolute Gasteiger partial charge is 0.258 e. The molecule has 0 aromatic rings. The number of alkyl halides is 2. The molecule has 2 aliphatic rings. The van der Waals surface area contributed by atoms with E-state index < -0.39 is 23.8 Å². The molecule has 0 N–H and O–H groups in total. The van der Waals surface area contributed by atoms with E-state index in [9.17, 15) is 18.4 Å². The van der Waals surface area contributed by atoms with Gasteiger partial charge < -0.3 is 9.69 Å². The molecule has 1 heterocycles. The summed E-state index contributed by atoms with van der Waals surface area (Å²) in [5.41, 5.74) is 0. The third-order valence-electron chi connectivity index (χ3n) is 2.70. The van der Waals surface area contributed by atoms with Gasteiger partial charge in [-0.15, -0.1) is 0 Å². The van der Waals surface area contributed by atoms with Crippen LogP contribution in [0, 0.1) is 11.8 Å². The molecule has 0 bridgehead atoms. The molecule has 0 unspecified atom stereocenters. The summed E-state index contributed by atoms with van der Waals surface area (Å²) < 4.78 is 25.4. The number of amides is 1. The van der Waals surface area contributed by atoms with Crippen LogP contribution >= 0.6 is 0 Å². The maximum Gasteiger partial charge on any atom is 0.258 e. The topological polar surface area (TPSA) is 37.4 Å². The van der Waals surface area contributed by atoms with Crippen LogP contribution in [0.1, 0.15) is 0 Å². The maximum atomic E-state index is 12.7. The number of rotatable bonds is 2. The molecule has 0 aromatic heterocycles. The van der Waals surface area contributed by atoms with Gasteiger partial charge in [0.05, 0.1) is 17.9 Å². The minimum Gasteiger partial charge on any atom is -0.334 e. The van der Waals surface area contributed by atoms with Crippen LogP contribution in [-0.4, -0.2) is 36.1 Å². The quantitative estimate of drug-likeness (QED) is 0.550. The molecule has 66 valence electrons. The zero-order valence-corrected chi connectivity index (χ0v) is 6.11. The Morgan fingerprint density at radius 3 is 2.58 bits per heavy atom. The summed E-state index contributed by atoms with van der Waals surface area (Å²) in [5.74, 6) is -4.41. The number of fused-ring (bicyclic) bond motifs is 1. The van der Waals surface area contributed by atoms with E-state index in [0.717, 1.165) is 4.90 Å². The van der Waals surface area contributed by atoms with E-state index >= 15 is 0 Å². The number of carbonyl (C=O) groups excluding carboxylic acids is 2. The molecular formula is C7H7F2NO2. The lowest BCUT2D eigenvalue weighted by Gasteiger charge is -2.19. The number of hydrogen-bond donors (Lipinski definition) is 0. The van der Waals surface area contributed by atoms with Gasteiger partial charge in [0.15, 0.2) is 0 Å². The summed E-state index contributed by atoms with van der Waals surface area (Å²) in [4.78, 5) is 21.8. The summed E-state index contributed by atoms with van der Waals surface area (Å²) >= 11 is 0. The summed E-state index contributed by atoms with van der Waals surface area (Å²) in [6, 6.07) is -0.900. The van der Waals surface area contributed by atoms with Gasteiger partial charge in [-0.2, -0.15) is 0 Å². The molecule has 1 aliphatic carbocycles. The Hall–Kier alpha value is -1.00. The molecule has 1 aliphatic heterocycles. The summed E-state index contributed by atoms with van der Waals surface area (Å²) in [5, 5.41) is 0. The van der Waals surface area contributed by atoms with E-state index in [1.165, 1.54) is 0 Å². The van der Waals surface area contributed by atoms with Gasteiger partial charge in [-0.1, -0.05) is 0 Å². The number of piperidine rings is 1. The molecule has 3 atom stereocenters. The molecule has 1 amide bonds. The third-order valence-corrected chi connectivity index (χ3v) is 2.70. The Morgan fingerprint density at radius 1 is 1.42 bits per heavy atom. The SMILES string of the molecule is O=C[C@@H]1[C@@H]2[C@H](CN1C=O)C2(F)F. The van der Waals surface area contributed by atoms with Crippen LogP contribution in [0.5, 0.6) is 0 Å². The monoisotopic (exact) mass is 175 g/mol. The maximum absolute atomic E-state index is 12.7. The average Bonchev–Trinajstić information content (AvgIpc) is 2.50. The third kappa shape index (κ3) is 0.685. The number of nitrogens with zero attached hydrogens (tertiary/aromatic N) is 1. The van der Waals surface area contributed by atoms with E-state index in [1.807, 2.05) is 0 Å². The van der Waals surface area contributed by atoms with E-state index in [2.05, 4.69) is 0 Å². The summed E-state index contributed by atoms with van der Waals surface area (Å²) in [6.07, 6.45) is 0.890. The van der Waals surface area contributed by atoms with Gasteiger partial charge in [-0.25, -0.2) is 8.78 Å². The zero-order valence-electron chi connectivity index (χ0n) is 6.11. The van der Waals surface area contributed by atoms with Gasteiger partial charge in [0, 0.05) is 6.54 Å². The fraction of sp³-hybridized carbons (Fsp3) is 0.714. The summed E-state index contributed by atoms with van der Waals surface area (Å²) in [7, 11) is 0. The van der Waals surface area contributed by atoms with E-state index in [0.29, 0.717) is 12.7 Å². The first kappa shape index (κ1) is 7.64. The Bertz CT molecular complexity index is 244. The van der Waals surface area contributed by atoms with Gasteiger partial charge in [0.2, 0.25) is 6.41 Å². The second-order valence-corrected chi connectivity index (χ2v) is 3.24. The highest BCUT2D eigenvalue weighted by Gasteiger charge is 2.75. The fourth-order valence-electron chi connectivity index (χ4n) is 1.95. The first-order valence-corrected chi connectivity index (χ1v) is 3.67. The van der Waals surface area contributed by atoms with E-state index in [1.54, 1.807) is 0 Å². The largest absolute Gasteiger partial charge is 0.334 e. The van der Waals surface area contributed by atoms with Crippen molar-refractivity contribution >= 4 is 12.7 Å². The Balaban J connectivity index is 2.17. The molecule has 1 saturated carbocycles. The minimum absolute atomic E-state index is 0.0184. The molecule has 2 fully saturated rings. The Morgan fingerprint density at radius 2 is 2.08 bits per heavy atom. The normalized spacial score (nSPS) is 42.2. The number of carbonyl (C=O) groups is 2. The van der Waals surface area contributed by atoms with E-state index in [4.69, 9.17) is 0 Å². The van der Waals surface area contributed by atoms with Crippen molar-refractivity contribution in [1.82, 2.24) is 4.90 Å². The first-order chi connectivity index (χ1) is 5.62. The van der Waals surface area contributed by atoms with Gasteiger partial charge in [0.25, 0.3) is 5.92 Å². The highest BCUT2D eigenvalue weighted by Crippen LogP contribution is 2.61. The molecular weight excluding hydrogens is 168 g/mol. The predicted octanol–water partition coefficient (Wildman–Crippen LogP) is -0.0928. The van der Waals surface area contributed by atoms with Crippen molar-refractivity contribution in [2.45, 2.75) is 12.0 Å². The Labute approximate surface area is 67.3 Å². The lowest BCUT2D eigenvalue weighted by Crippen LogP contribution is -2.36. The molecule has 3 nitrogen and oxygen atoms in total. The van der Waals surface area contributed by atoms with Crippen molar-refractivity contribution in [2.75, 3.05) is 6.54 Å². The minimum atomic E-state index is -2.72. The van der Waals surface area contributed by atoms with Crippen LogP contribution in [0.25, 0.3) is 0 Å². The second-order valence-electron chi connectivity index (χ2n) is 3.24. The highest BCUT2D eigenvalue weighted by atomic mass is 19.3. The number of halogens is 2.